The monoisotopic (exact) mass is 126 g/mol. The van der Waals surface area contributed by atoms with E-state index in [2.05, 4.69) is 12.2 Å². The summed E-state index contributed by atoms with van der Waals surface area (Å²) in [6.45, 7) is 1.87. The Balaban J connectivity index is 2.15. The van der Waals surface area contributed by atoms with E-state index >= 15 is 0 Å². The van der Waals surface area contributed by atoms with Gasteiger partial charge in [-0.2, -0.15) is 0 Å². The van der Waals surface area contributed by atoms with E-state index in [0.29, 0.717) is 0 Å². The topological polar surface area (TPSA) is 9.23 Å². The lowest BCUT2D eigenvalue weighted by Crippen LogP contribution is -1.93. The maximum atomic E-state index is 5.30. The minimum atomic E-state index is 0.913. The molecule has 0 bridgehead atoms. The molecule has 1 nitrogen and oxygen atoms in total. The van der Waals surface area contributed by atoms with Crippen LogP contribution in [-0.4, -0.2) is 13.2 Å². The van der Waals surface area contributed by atoms with Crippen molar-refractivity contribution in [2.24, 2.45) is 0 Å². The zero-order valence-electron chi connectivity index (χ0n) is 5.81. The van der Waals surface area contributed by atoms with Crippen LogP contribution in [0, 0.1) is 0 Å². The fraction of sp³-hybridized carbons (Fsp3) is 0.750. The zero-order chi connectivity index (χ0) is 6.36. The second kappa shape index (κ2) is 4.57. The van der Waals surface area contributed by atoms with E-state index in [1.54, 1.807) is 0 Å². The van der Waals surface area contributed by atoms with Gasteiger partial charge in [0.2, 0.25) is 0 Å². The Labute approximate surface area is 56.7 Å². The molecule has 1 heterocycles. The third-order valence-corrected chi connectivity index (χ3v) is 1.50. The number of allylic oxidation sites excluding steroid dienone is 1. The molecular weight excluding hydrogens is 112 g/mol. The van der Waals surface area contributed by atoms with E-state index in [9.17, 15) is 0 Å². The largest absolute Gasteiger partial charge is 0.381 e. The Morgan fingerprint density at radius 3 is 2.78 bits per heavy atom. The molecule has 52 valence electrons. The first-order valence-corrected chi connectivity index (χ1v) is 3.73. The molecule has 1 aliphatic rings. The molecule has 0 aromatic rings. The van der Waals surface area contributed by atoms with E-state index in [0.717, 1.165) is 19.6 Å². The van der Waals surface area contributed by atoms with E-state index in [1.807, 2.05) is 0 Å². The Morgan fingerprint density at radius 1 is 0.889 bits per heavy atom. The molecule has 0 N–H and O–H groups in total. The number of hydrogen-bond acceptors (Lipinski definition) is 1. The van der Waals surface area contributed by atoms with Crippen molar-refractivity contribution in [1.29, 1.82) is 0 Å². The number of hydrogen-bond donors (Lipinski definition) is 0. The highest BCUT2D eigenvalue weighted by atomic mass is 16.5. The smallest absolute Gasteiger partial charge is 0.0500 e. The van der Waals surface area contributed by atoms with Crippen LogP contribution < -0.4 is 0 Å². The van der Waals surface area contributed by atoms with Crippen LogP contribution in [0.25, 0.3) is 0 Å². The van der Waals surface area contributed by atoms with Crippen LogP contribution in [0.1, 0.15) is 25.7 Å². The summed E-state index contributed by atoms with van der Waals surface area (Å²) in [4.78, 5) is 0. The lowest BCUT2D eigenvalue weighted by atomic mass is 10.2. The molecule has 0 aromatic carbocycles. The summed E-state index contributed by atoms with van der Waals surface area (Å²) >= 11 is 0. The molecule has 1 heteroatoms. The predicted octanol–water partition coefficient (Wildman–Crippen LogP) is 2.13. The third kappa shape index (κ3) is 3.31. The van der Waals surface area contributed by atoms with Crippen LogP contribution in [0.4, 0.5) is 0 Å². The Kier molecular flexibility index (Phi) is 3.46. The van der Waals surface area contributed by atoms with Gasteiger partial charge in [-0.3, -0.25) is 0 Å². The van der Waals surface area contributed by atoms with Gasteiger partial charge in [0.1, 0.15) is 0 Å². The quantitative estimate of drug-likeness (QED) is 0.452. The lowest BCUT2D eigenvalue weighted by Gasteiger charge is -1.97. The number of rotatable bonds is 0. The summed E-state index contributed by atoms with van der Waals surface area (Å²) in [6, 6.07) is 0. The fourth-order valence-corrected chi connectivity index (χ4v) is 0.955. The molecular formula is C8H14O. The standard InChI is InChI=1S/C8H14O/c1-2-4-6-8-9-7-5-3-1/h1,3H,2,4-8H2. The minimum Gasteiger partial charge on any atom is -0.381 e. The highest BCUT2D eigenvalue weighted by Gasteiger charge is 1.90. The normalized spacial score (nSPS) is 22.2. The molecule has 0 amide bonds. The summed E-state index contributed by atoms with van der Waals surface area (Å²) < 4.78 is 5.30. The maximum Gasteiger partial charge on any atom is 0.0500 e. The minimum absolute atomic E-state index is 0.913. The molecule has 0 saturated heterocycles. The van der Waals surface area contributed by atoms with Gasteiger partial charge in [0.25, 0.3) is 0 Å². The molecule has 1 aliphatic heterocycles. The van der Waals surface area contributed by atoms with Crippen molar-refractivity contribution in [2.75, 3.05) is 13.2 Å². The summed E-state index contributed by atoms with van der Waals surface area (Å²) in [6.07, 6.45) is 9.32. The Morgan fingerprint density at radius 2 is 1.78 bits per heavy atom. The first kappa shape index (κ1) is 6.81. The molecule has 0 fully saturated rings. The van der Waals surface area contributed by atoms with Gasteiger partial charge in [0, 0.05) is 6.61 Å². The molecule has 0 unspecified atom stereocenters. The van der Waals surface area contributed by atoms with Gasteiger partial charge < -0.3 is 4.74 Å². The van der Waals surface area contributed by atoms with E-state index in [-0.39, 0.29) is 0 Å². The van der Waals surface area contributed by atoms with Crippen molar-refractivity contribution < 1.29 is 4.74 Å². The highest BCUT2D eigenvalue weighted by molar-refractivity contribution is 4.81. The molecule has 1 rings (SSSR count). The van der Waals surface area contributed by atoms with Crippen molar-refractivity contribution >= 4 is 0 Å². The first-order valence-electron chi connectivity index (χ1n) is 3.73. The van der Waals surface area contributed by atoms with E-state index < -0.39 is 0 Å². The zero-order valence-corrected chi connectivity index (χ0v) is 5.81. The SMILES string of the molecule is C1=CCCOCCCC1. The van der Waals surface area contributed by atoms with Gasteiger partial charge in [-0.05, 0) is 25.7 Å². The van der Waals surface area contributed by atoms with Gasteiger partial charge in [-0.15, -0.1) is 0 Å². The molecule has 0 radical (unpaired) electrons. The summed E-state index contributed by atoms with van der Waals surface area (Å²) in [5.74, 6) is 0. The predicted molar refractivity (Wildman–Crippen MR) is 38.4 cm³/mol. The molecule has 0 atom stereocenters. The van der Waals surface area contributed by atoms with Crippen LogP contribution in [0.2, 0.25) is 0 Å². The van der Waals surface area contributed by atoms with Crippen LogP contribution in [-0.2, 0) is 4.74 Å². The Bertz CT molecular complexity index is 76.6. The van der Waals surface area contributed by atoms with Crippen LogP contribution in [0.5, 0.6) is 0 Å². The van der Waals surface area contributed by atoms with Gasteiger partial charge in [0.15, 0.2) is 0 Å². The average Bonchev–Trinajstić information content (AvgIpc) is 2.00. The number of ether oxygens (including phenoxy) is 1. The van der Waals surface area contributed by atoms with Gasteiger partial charge in [-0.25, -0.2) is 0 Å². The van der Waals surface area contributed by atoms with Crippen molar-refractivity contribution in [2.45, 2.75) is 25.7 Å². The van der Waals surface area contributed by atoms with Crippen LogP contribution >= 0.6 is 0 Å². The second-order valence-electron chi connectivity index (χ2n) is 2.37. The average molecular weight is 126 g/mol. The Hall–Kier alpha value is -0.300. The van der Waals surface area contributed by atoms with Gasteiger partial charge in [-0.1, -0.05) is 12.2 Å². The fourth-order valence-electron chi connectivity index (χ4n) is 0.955. The van der Waals surface area contributed by atoms with Crippen molar-refractivity contribution in [3.63, 3.8) is 0 Å². The first-order chi connectivity index (χ1) is 4.50. The summed E-state index contributed by atoms with van der Waals surface area (Å²) in [7, 11) is 0. The van der Waals surface area contributed by atoms with E-state index in [1.165, 1.54) is 19.3 Å². The summed E-state index contributed by atoms with van der Waals surface area (Å²) in [5.41, 5.74) is 0. The van der Waals surface area contributed by atoms with Crippen molar-refractivity contribution in [1.82, 2.24) is 0 Å². The molecule has 0 spiro atoms. The summed E-state index contributed by atoms with van der Waals surface area (Å²) in [5, 5.41) is 0. The lowest BCUT2D eigenvalue weighted by molar-refractivity contribution is 0.136. The van der Waals surface area contributed by atoms with Gasteiger partial charge >= 0.3 is 0 Å². The van der Waals surface area contributed by atoms with Crippen molar-refractivity contribution in [3.05, 3.63) is 12.2 Å². The van der Waals surface area contributed by atoms with Crippen LogP contribution in [0.15, 0.2) is 12.2 Å². The molecule has 0 saturated carbocycles. The molecule has 9 heavy (non-hydrogen) atoms. The second-order valence-corrected chi connectivity index (χ2v) is 2.37. The van der Waals surface area contributed by atoms with Crippen LogP contribution in [0.3, 0.4) is 0 Å². The highest BCUT2D eigenvalue weighted by Crippen LogP contribution is 2.01. The third-order valence-electron chi connectivity index (χ3n) is 1.50. The molecule has 0 aliphatic carbocycles. The maximum absolute atomic E-state index is 5.30. The van der Waals surface area contributed by atoms with Gasteiger partial charge in [0.05, 0.1) is 6.61 Å². The van der Waals surface area contributed by atoms with Crippen molar-refractivity contribution in [3.8, 4) is 0 Å². The van der Waals surface area contributed by atoms with E-state index in [4.69, 9.17) is 4.74 Å². The molecule has 0 aromatic heterocycles.